The number of halogens is 4. The second kappa shape index (κ2) is 20.8. The maximum absolute atomic E-state index is 12.7. The number of nitrogen functional groups attached to an aromatic ring is 1. The van der Waals surface area contributed by atoms with Crippen molar-refractivity contribution in [3.8, 4) is 22.3 Å². The Morgan fingerprint density at radius 3 is 1.51 bits per heavy atom. The molecule has 324 valence electrons. The number of carbonyl (C=O) groups is 1. The standard InChI is InChI=1S/C24H31Cl2N7O.C19H22Cl2N6/c1-24(2,3)31-23(34)30-21-16(19-17(25)9-7-10-18(19)26)13-15-14-27-22(29-20(15)28-21)33(6)12-8-11-32(4)5;1-26(2)8-5-9-27(3)19-23-11-12-10-13(17(22)24-18(12)25-19)16-14(20)6-4-7-15(16)21/h7,9-10,13-14H,8,11-12H2,1-6H3,(H2,27,28,29,30,31,34);4,6-7,10-11H,5,8-9H2,1-3H3,(H2,22,23,24,25). The summed E-state index contributed by atoms with van der Waals surface area (Å²) in [5, 5.41) is 9.16. The fraction of sp³-hybridized carbons (Fsp3) is 0.372. The van der Waals surface area contributed by atoms with Crippen LogP contribution in [0.5, 0.6) is 0 Å². The van der Waals surface area contributed by atoms with Crippen LogP contribution in [0.3, 0.4) is 0 Å². The smallest absolute Gasteiger partial charge is 0.320 e. The molecule has 0 spiro atoms. The summed E-state index contributed by atoms with van der Waals surface area (Å²) >= 11 is 25.6. The van der Waals surface area contributed by atoms with Crippen molar-refractivity contribution in [3.05, 3.63) is 81.0 Å². The average Bonchev–Trinajstić information content (AvgIpc) is 3.16. The quantitative estimate of drug-likeness (QED) is 0.101. The van der Waals surface area contributed by atoms with Crippen molar-refractivity contribution in [1.82, 2.24) is 45.0 Å². The number of hydrogen-bond donors (Lipinski definition) is 3. The molecule has 18 heteroatoms. The average molecular weight is 910 g/mol. The van der Waals surface area contributed by atoms with Crippen molar-refractivity contribution in [3.63, 3.8) is 0 Å². The van der Waals surface area contributed by atoms with Gasteiger partial charge in [-0.05, 0) is 111 Å². The Labute approximate surface area is 377 Å². The molecule has 14 nitrogen and oxygen atoms in total. The zero-order chi connectivity index (χ0) is 44.6. The maximum Gasteiger partial charge on any atom is 0.320 e. The lowest BCUT2D eigenvalue weighted by Crippen LogP contribution is -2.43. The van der Waals surface area contributed by atoms with Gasteiger partial charge in [0.1, 0.15) is 11.6 Å². The highest BCUT2D eigenvalue weighted by Gasteiger charge is 2.21. The molecule has 6 rings (SSSR count). The van der Waals surface area contributed by atoms with E-state index in [-0.39, 0.29) is 6.03 Å². The molecule has 2 amide bonds. The van der Waals surface area contributed by atoms with Crippen LogP contribution in [-0.2, 0) is 0 Å². The monoisotopic (exact) mass is 907 g/mol. The zero-order valence-corrected chi connectivity index (χ0v) is 39.0. The van der Waals surface area contributed by atoms with Gasteiger partial charge in [-0.25, -0.2) is 24.7 Å². The molecule has 0 saturated carbocycles. The van der Waals surface area contributed by atoms with Crippen LogP contribution >= 0.6 is 46.4 Å². The summed E-state index contributed by atoms with van der Waals surface area (Å²) in [4.78, 5) is 48.3. The van der Waals surface area contributed by atoms with Gasteiger partial charge in [-0.15, -0.1) is 0 Å². The van der Waals surface area contributed by atoms with Crippen molar-refractivity contribution in [1.29, 1.82) is 0 Å². The Morgan fingerprint density at radius 2 is 1.07 bits per heavy atom. The van der Waals surface area contributed by atoms with E-state index in [1.54, 1.807) is 48.8 Å². The molecule has 0 aliphatic rings. The molecule has 4 heterocycles. The van der Waals surface area contributed by atoms with E-state index in [1.807, 2.05) is 70.9 Å². The first-order valence-electron chi connectivity index (χ1n) is 19.6. The summed E-state index contributed by atoms with van der Waals surface area (Å²) < 4.78 is 0. The first-order valence-corrected chi connectivity index (χ1v) is 21.1. The SMILES string of the molecule is CN(C)CCCN(C)c1ncc2cc(-c3c(Cl)cccc3Cl)c(N)nc2n1.CN(C)CCCN(C)c1ncc2cc(-c3c(Cl)cccc3Cl)c(NC(=O)NC(C)(C)C)nc2n1. The number of amides is 2. The van der Waals surface area contributed by atoms with E-state index in [4.69, 9.17) is 52.1 Å². The van der Waals surface area contributed by atoms with Crippen molar-refractivity contribution in [2.45, 2.75) is 39.2 Å². The number of pyridine rings is 2. The Balaban J connectivity index is 0.000000237. The minimum absolute atomic E-state index is 0.309. The molecule has 0 atom stereocenters. The molecule has 0 bridgehead atoms. The van der Waals surface area contributed by atoms with Gasteiger partial charge in [-0.2, -0.15) is 9.97 Å². The van der Waals surface area contributed by atoms with Gasteiger partial charge in [0.15, 0.2) is 11.3 Å². The summed E-state index contributed by atoms with van der Waals surface area (Å²) in [5.41, 5.74) is 9.28. The molecular weight excluding hydrogens is 856 g/mol. The van der Waals surface area contributed by atoms with Crippen molar-refractivity contribution < 1.29 is 4.79 Å². The van der Waals surface area contributed by atoms with Crippen molar-refractivity contribution in [2.24, 2.45) is 0 Å². The lowest BCUT2D eigenvalue weighted by atomic mass is 10.0. The Morgan fingerprint density at radius 1 is 0.639 bits per heavy atom. The fourth-order valence-corrected chi connectivity index (χ4v) is 7.42. The van der Waals surface area contributed by atoms with E-state index in [1.165, 1.54) is 0 Å². The highest BCUT2D eigenvalue weighted by Crippen LogP contribution is 2.40. The van der Waals surface area contributed by atoms with Gasteiger partial charge >= 0.3 is 6.03 Å². The van der Waals surface area contributed by atoms with E-state index in [2.05, 4.69) is 64.4 Å². The molecule has 0 fully saturated rings. The Hall–Kier alpha value is -4.83. The normalized spacial score (nSPS) is 11.5. The lowest BCUT2D eigenvalue weighted by molar-refractivity contribution is 0.243. The molecule has 61 heavy (non-hydrogen) atoms. The number of urea groups is 1. The number of anilines is 4. The molecule has 6 aromatic rings. The predicted octanol–water partition coefficient (Wildman–Crippen LogP) is 9.28. The molecule has 0 aliphatic carbocycles. The van der Waals surface area contributed by atoms with E-state index >= 15 is 0 Å². The summed E-state index contributed by atoms with van der Waals surface area (Å²) in [6, 6.07) is 13.9. The fourth-order valence-electron chi connectivity index (χ4n) is 6.21. The highest BCUT2D eigenvalue weighted by molar-refractivity contribution is 6.40. The van der Waals surface area contributed by atoms with Gasteiger partial charge in [0.25, 0.3) is 0 Å². The third kappa shape index (κ3) is 12.9. The van der Waals surface area contributed by atoms with Crippen molar-refractivity contribution >= 4 is 98.0 Å². The maximum atomic E-state index is 12.7. The predicted molar refractivity (Wildman–Crippen MR) is 255 cm³/mol. The number of benzene rings is 2. The first kappa shape index (κ1) is 47.2. The molecule has 4 N–H and O–H groups in total. The third-order valence-electron chi connectivity index (χ3n) is 9.21. The minimum atomic E-state index is -0.423. The summed E-state index contributed by atoms with van der Waals surface area (Å²) in [6.07, 6.45) is 5.47. The number of nitrogens with zero attached hydrogens (tertiary/aromatic N) is 10. The Bertz CT molecular complexity index is 2440. The van der Waals surface area contributed by atoms with Gasteiger partial charge < -0.3 is 30.7 Å². The number of fused-ring (bicyclic) bond motifs is 2. The molecule has 4 aromatic heterocycles. The van der Waals surface area contributed by atoms with Crippen molar-refractivity contribution in [2.75, 3.05) is 89.3 Å². The number of carbonyl (C=O) groups excluding carboxylic acids is 1. The molecule has 0 radical (unpaired) electrons. The van der Waals surface area contributed by atoms with Crippen LogP contribution in [0.1, 0.15) is 33.6 Å². The number of rotatable bonds is 13. The third-order valence-corrected chi connectivity index (χ3v) is 10.5. The summed E-state index contributed by atoms with van der Waals surface area (Å²) in [6.45, 7) is 9.33. The van der Waals surface area contributed by atoms with E-state index in [9.17, 15) is 4.79 Å². The van der Waals surface area contributed by atoms with Crippen LogP contribution in [-0.4, -0.2) is 120 Å². The summed E-state index contributed by atoms with van der Waals surface area (Å²) in [7, 11) is 12.1. The molecule has 0 aliphatic heterocycles. The van der Waals surface area contributed by atoms with Gasteiger partial charge in [0, 0.05) is 78.1 Å². The summed E-state index contributed by atoms with van der Waals surface area (Å²) in [5.74, 6) is 1.82. The second-order valence-electron chi connectivity index (χ2n) is 16.2. The van der Waals surface area contributed by atoms with Crippen LogP contribution in [0.25, 0.3) is 44.3 Å². The van der Waals surface area contributed by atoms with Crippen LogP contribution in [0, 0.1) is 0 Å². The number of aromatic nitrogens is 6. The molecular formula is C43H53Cl4N13O. The second-order valence-corrected chi connectivity index (χ2v) is 17.8. The molecule has 0 saturated heterocycles. The van der Waals surface area contributed by atoms with Gasteiger partial charge in [0.05, 0.1) is 20.1 Å². The largest absolute Gasteiger partial charge is 0.383 e. The van der Waals surface area contributed by atoms with Gasteiger partial charge in [-0.3, -0.25) is 5.32 Å². The topological polar surface area (TPSA) is 157 Å². The first-order chi connectivity index (χ1) is 28.8. The van der Waals surface area contributed by atoms with Crippen LogP contribution in [0.15, 0.2) is 60.9 Å². The highest BCUT2D eigenvalue weighted by atomic mass is 35.5. The number of hydrogen-bond acceptors (Lipinski definition) is 12. The van der Waals surface area contributed by atoms with Gasteiger partial charge in [0.2, 0.25) is 11.9 Å². The number of nitrogens with one attached hydrogen (secondary N) is 2. The van der Waals surface area contributed by atoms with Gasteiger partial charge in [-0.1, -0.05) is 58.5 Å². The van der Waals surface area contributed by atoms with Crippen LogP contribution < -0.4 is 26.2 Å². The zero-order valence-electron chi connectivity index (χ0n) is 36.0. The Kier molecular flexibility index (Phi) is 16.1. The van der Waals surface area contributed by atoms with Crippen LogP contribution in [0.2, 0.25) is 20.1 Å². The molecule has 0 unspecified atom stereocenters. The van der Waals surface area contributed by atoms with E-state index < -0.39 is 5.54 Å². The number of nitrogens with two attached hydrogens (primary N) is 1. The lowest BCUT2D eigenvalue weighted by Gasteiger charge is -2.22. The van der Waals surface area contributed by atoms with Crippen LogP contribution in [0.4, 0.5) is 28.3 Å². The van der Waals surface area contributed by atoms with E-state index in [0.717, 1.165) is 44.4 Å². The van der Waals surface area contributed by atoms with E-state index in [0.29, 0.717) is 82.6 Å². The minimum Gasteiger partial charge on any atom is -0.383 e. The molecule has 2 aromatic carbocycles.